The van der Waals surface area contributed by atoms with Gasteiger partial charge in [-0.3, -0.25) is 4.79 Å². The van der Waals surface area contributed by atoms with Gasteiger partial charge in [0.25, 0.3) is 0 Å². The molecule has 1 heterocycles. The summed E-state index contributed by atoms with van der Waals surface area (Å²) in [6.45, 7) is 1.82. The van der Waals surface area contributed by atoms with Crippen LogP contribution in [0.3, 0.4) is 0 Å². The molecular weight excluding hydrogens is 386 g/mol. The number of ether oxygens (including phenoxy) is 1. The second kappa shape index (κ2) is 8.98. The fourth-order valence-electron chi connectivity index (χ4n) is 2.17. The molecule has 3 rings (SSSR count). The highest BCUT2D eigenvalue weighted by Gasteiger charge is 2.39. The van der Waals surface area contributed by atoms with E-state index in [2.05, 4.69) is 0 Å². The Morgan fingerprint density at radius 2 is 1.75 bits per heavy atom. The number of rotatable bonds is 5. The van der Waals surface area contributed by atoms with Gasteiger partial charge in [0.05, 0.1) is 4.11 Å². The first-order valence-corrected chi connectivity index (χ1v) is 9.11. The minimum absolute atomic E-state index is 0.133. The van der Waals surface area contributed by atoms with E-state index in [9.17, 15) is 13.2 Å². The molecule has 0 saturated heterocycles. The van der Waals surface area contributed by atoms with Crippen LogP contribution in [0.1, 0.15) is 26.9 Å². The lowest BCUT2D eigenvalue weighted by molar-refractivity contribution is -0.191. The second-order valence-corrected chi connectivity index (χ2v) is 6.69. The smallest absolute Gasteiger partial charge is 0.373 e. The summed E-state index contributed by atoms with van der Waals surface area (Å²) in [5.74, 6) is -2.76. The zero-order valence-corrected chi connectivity index (χ0v) is 15.4. The minimum Gasteiger partial charge on any atom is -0.460 e. The van der Waals surface area contributed by atoms with Crippen LogP contribution in [0.5, 0.6) is 0 Å². The Morgan fingerprint density at radius 3 is 2.32 bits per heavy atom. The van der Waals surface area contributed by atoms with Crippen molar-refractivity contribution in [1.82, 2.24) is 0 Å². The van der Waals surface area contributed by atoms with Crippen LogP contribution in [0.25, 0.3) is 0 Å². The number of carbonyl (C=O) groups is 1. The topological polar surface area (TPSA) is 130 Å². The van der Waals surface area contributed by atoms with Gasteiger partial charge in [-0.15, -0.1) is 0 Å². The molecule has 0 aromatic heterocycles. The van der Waals surface area contributed by atoms with E-state index in [1.807, 2.05) is 6.92 Å². The molecular formula is C19H17NO7S. The van der Waals surface area contributed by atoms with Gasteiger partial charge in [-0.05, 0) is 12.5 Å². The van der Waals surface area contributed by atoms with Gasteiger partial charge in [-0.1, -0.05) is 60.2 Å². The van der Waals surface area contributed by atoms with Gasteiger partial charge >= 0.3 is 16.3 Å². The first kappa shape index (κ1) is 16.7. The van der Waals surface area contributed by atoms with Crippen molar-refractivity contribution in [1.29, 1.82) is 0 Å². The van der Waals surface area contributed by atoms with E-state index in [0.717, 1.165) is 5.56 Å². The highest BCUT2D eigenvalue weighted by molar-refractivity contribution is 7.86. The van der Waals surface area contributed by atoms with Gasteiger partial charge in [0.2, 0.25) is 17.4 Å². The molecule has 0 amide bonds. The van der Waals surface area contributed by atoms with Gasteiger partial charge in [-0.25, -0.2) is 0 Å². The van der Waals surface area contributed by atoms with Crippen LogP contribution in [0.2, 0.25) is 0 Å². The number of hydrogen-bond donors (Lipinski definition) is 1. The molecule has 0 unspecified atom stereocenters. The van der Waals surface area contributed by atoms with Crippen molar-refractivity contribution in [3.05, 3.63) is 82.9 Å². The van der Waals surface area contributed by atoms with Crippen LogP contribution in [-0.2, 0) is 39.1 Å². The monoisotopic (exact) mass is 406 g/mol. The Balaban J connectivity index is 0.00000107. The number of hydrogen-bond acceptors (Lipinski definition) is 8. The van der Waals surface area contributed by atoms with Crippen molar-refractivity contribution in [2.75, 3.05) is 0 Å². The van der Waals surface area contributed by atoms with Crippen LogP contribution >= 0.6 is 0 Å². The Bertz CT molecular complexity index is 1140. The Morgan fingerprint density at radius 1 is 1.18 bits per heavy atom. The van der Waals surface area contributed by atoms with E-state index >= 15 is 0 Å². The first-order chi connectivity index (χ1) is 14.4. The Hall–Kier alpha value is -3.42. The molecule has 0 fully saturated rings. The number of benzene rings is 2. The molecule has 146 valence electrons. The standard InChI is InChI=1S/C18H17NO5S.CO2/c1-12-7-9-14(10-8-12)16-15(20)17(18(19)23-16)24-25(21,22)11-13-5-3-2-4-6-13;2-1-3/h2-10,16H,11,19H2,1H3;/t16-;/m0./s1/i11D2,16D;. The number of Topliss-reactive ketones (excluding diaryl/α,β-unsaturated/α-hetero) is 1. The fraction of sp³-hybridized carbons (Fsp3) is 0.158. The third-order valence-electron chi connectivity index (χ3n) is 3.37. The van der Waals surface area contributed by atoms with E-state index in [1.54, 1.807) is 18.2 Å². The highest BCUT2D eigenvalue weighted by atomic mass is 32.2. The molecule has 2 aromatic rings. The Labute approximate surface area is 165 Å². The van der Waals surface area contributed by atoms with E-state index < -0.39 is 39.3 Å². The lowest BCUT2D eigenvalue weighted by Gasteiger charge is -2.10. The second-order valence-electron chi connectivity index (χ2n) is 5.41. The van der Waals surface area contributed by atoms with Crippen molar-refractivity contribution in [2.24, 2.45) is 5.73 Å². The van der Waals surface area contributed by atoms with E-state index in [1.165, 1.54) is 36.4 Å². The highest BCUT2D eigenvalue weighted by Crippen LogP contribution is 2.32. The minimum atomic E-state index is -4.99. The predicted octanol–water partition coefficient (Wildman–Crippen LogP) is 1.73. The molecule has 2 aromatic carbocycles. The molecule has 9 heteroatoms. The molecule has 2 N–H and O–H groups in total. The zero-order chi connectivity index (χ0) is 23.4. The number of ketones is 1. The van der Waals surface area contributed by atoms with Crippen molar-refractivity contribution >= 4 is 22.1 Å². The SMILES string of the molecule is O=C=O.[2H]C([2H])(c1ccccc1)S(=O)(=O)OC1=C(N)O[C@@]([2H])(c2ccc(C)cc2)C1=O. The summed E-state index contributed by atoms with van der Waals surface area (Å²) in [5.41, 5.74) is 3.48. The Kier molecular flexibility index (Phi) is 5.37. The van der Waals surface area contributed by atoms with Crippen LogP contribution < -0.4 is 5.73 Å². The molecule has 0 bridgehead atoms. The molecule has 0 aliphatic carbocycles. The van der Waals surface area contributed by atoms with Crippen molar-refractivity contribution < 1.29 is 35.8 Å². The maximum absolute atomic E-state index is 12.7. The molecule has 0 radical (unpaired) electrons. The fourth-order valence-corrected chi connectivity index (χ4v) is 3.02. The number of nitrogens with two attached hydrogens (primary N) is 1. The maximum Gasteiger partial charge on any atom is 0.373 e. The average molecular weight is 406 g/mol. The van der Waals surface area contributed by atoms with Gasteiger partial charge in [0.15, 0.2) is 6.08 Å². The predicted molar refractivity (Wildman–Crippen MR) is 96.4 cm³/mol. The van der Waals surface area contributed by atoms with Crippen LogP contribution in [0.15, 0.2) is 66.2 Å². The summed E-state index contributed by atoms with van der Waals surface area (Å²) in [5, 5.41) is 0. The number of aryl methyl sites for hydroxylation is 1. The summed E-state index contributed by atoms with van der Waals surface area (Å²) >= 11 is 0. The quantitative estimate of drug-likeness (QED) is 0.743. The van der Waals surface area contributed by atoms with Crippen molar-refractivity contribution in [3.8, 4) is 0 Å². The van der Waals surface area contributed by atoms with E-state index in [0.29, 0.717) is 0 Å². The first-order valence-electron chi connectivity index (χ1n) is 9.20. The summed E-state index contributed by atoms with van der Waals surface area (Å²) < 4.78 is 59.2. The van der Waals surface area contributed by atoms with Crippen LogP contribution in [0.4, 0.5) is 0 Å². The van der Waals surface area contributed by atoms with Gasteiger partial charge in [-0.2, -0.15) is 18.0 Å². The van der Waals surface area contributed by atoms with E-state index in [4.69, 9.17) is 28.4 Å². The lowest BCUT2D eigenvalue weighted by Crippen LogP contribution is -2.16. The van der Waals surface area contributed by atoms with E-state index in [-0.39, 0.29) is 17.3 Å². The zero-order valence-electron chi connectivity index (χ0n) is 17.5. The average Bonchev–Trinajstić information content (AvgIpc) is 2.93. The van der Waals surface area contributed by atoms with Gasteiger partial charge in [0.1, 0.15) is 5.70 Å². The van der Waals surface area contributed by atoms with Crippen molar-refractivity contribution in [2.45, 2.75) is 18.7 Å². The third-order valence-corrected chi connectivity index (χ3v) is 4.24. The van der Waals surface area contributed by atoms with Crippen molar-refractivity contribution in [3.63, 3.8) is 0 Å². The summed E-state index contributed by atoms with van der Waals surface area (Å²) in [7, 11) is -4.99. The molecule has 28 heavy (non-hydrogen) atoms. The largest absolute Gasteiger partial charge is 0.460 e. The molecule has 1 atom stereocenters. The maximum atomic E-state index is 12.7. The number of carbonyl (C=O) groups excluding carboxylic acids is 3. The molecule has 0 spiro atoms. The van der Waals surface area contributed by atoms with Gasteiger partial charge < -0.3 is 14.7 Å². The molecule has 1 aliphatic heterocycles. The molecule has 0 saturated carbocycles. The summed E-state index contributed by atoms with van der Waals surface area (Å²) in [4.78, 5) is 29.0. The normalized spacial score (nSPS) is 20.6. The third kappa shape index (κ3) is 5.29. The summed E-state index contributed by atoms with van der Waals surface area (Å²) in [6, 6.07) is 13.3. The summed E-state index contributed by atoms with van der Waals surface area (Å²) in [6.07, 6.45) is -2.07. The lowest BCUT2D eigenvalue weighted by atomic mass is 10.0. The molecule has 1 aliphatic rings. The van der Waals surface area contributed by atoms with Gasteiger partial charge in [0, 0.05) is 5.56 Å². The van der Waals surface area contributed by atoms with Crippen LogP contribution in [0, 0.1) is 6.92 Å². The molecule has 8 nitrogen and oxygen atoms in total. The van der Waals surface area contributed by atoms with Crippen LogP contribution in [-0.4, -0.2) is 20.4 Å².